The molecule has 1 aliphatic heterocycles. The highest BCUT2D eigenvalue weighted by atomic mass is 35.5. The second kappa shape index (κ2) is 10.3. The molecule has 1 heterocycles. The summed E-state index contributed by atoms with van der Waals surface area (Å²) in [4.78, 5) is 32.2. The molecule has 1 N–H and O–H groups in total. The fraction of sp³-hybridized carbons (Fsp3) is 0.0800. The molecule has 1 saturated heterocycles. The molecule has 160 valence electrons. The van der Waals surface area contributed by atoms with Crippen LogP contribution in [0.5, 0.6) is 0 Å². The van der Waals surface area contributed by atoms with E-state index in [1.165, 1.54) is 17.8 Å². The van der Waals surface area contributed by atoms with E-state index in [9.17, 15) is 9.59 Å². The predicted octanol–water partition coefficient (Wildman–Crippen LogP) is 5.49. The summed E-state index contributed by atoms with van der Waals surface area (Å²) in [5, 5.41) is 3.92. The minimum atomic E-state index is -0.382. The Hall–Kier alpha value is -3.35. The number of anilines is 1. The predicted molar refractivity (Wildman–Crippen MR) is 130 cm³/mol. The van der Waals surface area contributed by atoms with E-state index in [0.29, 0.717) is 33.9 Å². The molecule has 0 spiro atoms. The molecule has 2 amide bonds. The van der Waals surface area contributed by atoms with Gasteiger partial charge in [-0.25, -0.2) is 0 Å². The van der Waals surface area contributed by atoms with Crippen LogP contribution in [0.4, 0.5) is 5.69 Å². The fourth-order valence-corrected chi connectivity index (χ4v) is 4.18. The van der Waals surface area contributed by atoms with Gasteiger partial charge in [0.05, 0.1) is 18.0 Å². The molecule has 4 rings (SSSR count). The maximum absolute atomic E-state index is 13.1. The molecule has 5 nitrogen and oxygen atoms in total. The van der Waals surface area contributed by atoms with Crippen LogP contribution in [0, 0.1) is 0 Å². The summed E-state index contributed by atoms with van der Waals surface area (Å²) < 4.78 is 0. The SMILES string of the molecule is O=C(C=C1SC(=NCc2ccccc2)N(Cc2ccccc2)C1=O)Nc1ccc(Cl)cc1. The summed E-state index contributed by atoms with van der Waals surface area (Å²) in [7, 11) is 0. The van der Waals surface area contributed by atoms with E-state index < -0.39 is 0 Å². The minimum Gasteiger partial charge on any atom is -0.322 e. The largest absolute Gasteiger partial charge is 0.322 e. The second-order valence-corrected chi connectivity index (χ2v) is 8.51. The van der Waals surface area contributed by atoms with Crippen molar-refractivity contribution >= 4 is 46.0 Å². The Bertz CT molecular complexity index is 1160. The van der Waals surface area contributed by atoms with E-state index in [-0.39, 0.29) is 11.8 Å². The zero-order chi connectivity index (χ0) is 22.3. The van der Waals surface area contributed by atoms with E-state index in [1.54, 1.807) is 29.2 Å². The lowest BCUT2D eigenvalue weighted by Crippen LogP contribution is -2.29. The maximum Gasteiger partial charge on any atom is 0.267 e. The highest BCUT2D eigenvalue weighted by Gasteiger charge is 2.33. The van der Waals surface area contributed by atoms with Crippen molar-refractivity contribution in [3.8, 4) is 0 Å². The van der Waals surface area contributed by atoms with Gasteiger partial charge in [-0.15, -0.1) is 0 Å². The number of aliphatic imine (C=N–C) groups is 1. The molecular weight excluding hydrogens is 442 g/mol. The highest BCUT2D eigenvalue weighted by molar-refractivity contribution is 8.18. The number of hydrogen-bond acceptors (Lipinski definition) is 4. The van der Waals surface area contributed by atoms with Crippen molar-refractivity contribution in [2.75, 3.05) is 5.32 Å². The molecule has 3 aromatic carbocycles. The summed E-state index contributed by atoms with van der Waals surface area (Å²) in [5.41, 5.74) is 2.64. The van der Waals surface area contributed by atoms with Gasteiger partial charge in [0.15, 0.2) is 5.17 Å². The zero-order valence-corrected chi connectivity index (χ0v) is 18.6. The van der Waals surface area contributed by atoms with Gasteiger partial charge in [-0.1, -0.05) is 72.3 Å². The molecule has 7 heteroatoms. The molecule has 0 unspecified atom stereocenters. The number of hydrogen-bond donors (Lipinski definition) is 1. The molecule has 0 aromatic heterocycles. The van der Waals surface area contributed by atoms with Crippen LogP contribution in [-0.2, 0) is 22.7 Å². The number of nitrogens with one attached hydrogen (secondary N) is 1. The number of carbonyl (C=O) groups excluding carboxylic acids is 2. The first-order valence-corrected chi connectivity index (χ1v) is 11.2. The van der Waals surface area contributed by atoms with Crippen LogP contribution < -0.4 is 5.32 Å². The molecule has 0 aliphatic carbocycles. The third kappa shape index (κ3) is 5.66. The minimum absolute atomic E-state index is 0.239. The summed E-state index contributed by atoms with van der Waals surface area (Å²) in [6.45, 7) is 0.836. The summed E-state index contributed by atoms with van der Waals surface area (Å²) in [6.07, 6.45) is 1.32. The lowest BCUT2D eigenvalue weighted by Gasteiger charge is -2.15. The third-order valence-corrected chi connectivity index (χ3v) is 5.98. The monoisotopic (exact) mass is 461 g/mol. The normalized spacial score (nSPS) is 16.0. The van der Waals surface area contributed by atoms with E-state index in [1.807, 2.05) is 60.7 Å². The number of amidine groups is 1. The van der Waals surface area contributed by atoms with Crippen LogP contribution in [0.2, 0.25) is 5.02 Å². The van der Waals surface area contributed by atoms with Crippen molar-refractivity contribution in [1.82, 2.24) is 4.90 Å². The topological polar surface area (TPSA) is 61.8 Å². The van der Waals surface area contributed by atoms with Crippen LogP contribution in [0.15, 0.2) is 101 Å². The summed E-state index contributed by atoms with van der Waals surface area (Å²) in [5.74, 6) is -0.621. The number of thioether (sulfide) groups is 1. The Balaban J connectivity index is 1.55. The molecule has 0 radical (unpaired) electrons. The molecule has 1 aliphatic rings. The van der Waals surface area contributed by atoms with Gasteiger partial charge in [0.2, 0.25) is 5.91 Å². The van der Waals surface area contributed by atoms with Gasteiger partial charge < -0.3 is 5.32 Å². The second-order valence-electron chi connectivity index (χ2n) is 7.07. The van der Waals surface area contributed by atoms with Crippen molar-refractivity contribution in [3.63, 3.8) is 0 Å². The van der Waals surface area contributed by atoms with Gasteiger partial charge in [-0.2, -0.15) is 0 Å². The molecule has 0 saturated carbocycles. The lowest BCUT2D eigenvalue weighted by atomic mass is 10.2. The molecule has 32 heavy (non-hydrogen) atoms. The first-order chi connectivity index (χ1) is 15.6. The Morgan fingerprint density at radius 1 is 0.938 bits per heavy atom. The number of carbonyl (C=O) groups is 2. The van der Waals surface area contributed by atoms with Gasteiger partial charge in [0.1, 0.15) is 0 Å². The number of rotatable bonds is 6. The van der Waals surface area contributed by atoms with E-state index in [4.69, 9.17) is 11.6 Å². The van der Waals surface area contributed by atoms with Crippen LogP contribution in [-0.4, -0.2) is 21.9 Å². The van der Waals surface area contributed by atoms with E-state index in [2.05, 4.69) is 10.3 Å². The smallest absolute Gasteiger partial charge is 0.267 e. The van der Waals surface area contributed by atoms with Crippen LogP contribution in [0.1, 0.15) is 11.1 Å². The Kier molecular flexibility index (Phi) is 7.04. The molecule has 3 aromatic rings. The van der Waals surface area contributed by atoms with Crippen molar-refractivity contribution in [2.45, 2.75) is 13.1 Å². The number of halogens is 1. The fourth-order valence-electron chi connectivity index (χ4n) is 3.10. The van der Waals surface area contributed by atoms with Gasteiger partial charge >= 0.3 is 0 Å². The standard InChI is InChI=1S/C25H20ClN3O2S/c26-20-11-13-21(14-12-20)28-23(30)15-22-24(31)29(17-19-9-5-2-6-10-19)25(32-22)27-16-18-7-3-1-4-8-18/h1-15H,16-17H2,(H,28,30). The Morgan fingerprint density at radius 2 is 1.56 bits per heavy atom. The van der Waals surface area contributed by atoms with Crippen molar-refractivity contribution in [2.24, 2.45) is 4.99 Å². The molecular formula is C25H20ClN3O2S. The van der Waals surface area contributed by atoms with Crippen molar-refractivity contribution in [3.05, 3.63) is 112 Å². The quantitative estimate of drug-likeness (QED) is 0.493. The van der Waals surface area contributed by atoms with Gasteiger partial charge in [0.25, 0.3) is 5.91 Å². The van der Waals surface area contributed by atoms with Crippen LogP contribution in [0.25, 0.3) is 0 Å². The maximum atomic E-state index is 13.1. The summed E-state index contributed by atoms with van der Waals surface area (Å²) in [6, 6.07) is 26.3. The van der Waals surface area contributed by atoms with Gasteiger partial charge in [-0.05, 0) is 47.2 Å². The molecule has 0 atom stereocenters. The molecule has 0 bridgehead atoms. The number of benzene rings is 3. The van der Waals surface area contributed by atoms with E-state index >= 15 is 0 Å². The Morgan fingerprint density at radius 3 is 2.22 bits per heavy atom. The van der Waals surface area contributed by atoms with Crippen LogP contribution in [0.3, 0.4) is 0 Å². The zero-order valence-electron chi connectivity index (χ0n) is 17.1. The average Bonchev–Trinajstić information content (AvgIpc) is 3.09. The third-order valence-electron chi connectivity index (χ3n) is 4.69. The van der Waals surface area contributed by atoms with Crippen LogP contribution >= 0.6 is 23.4 Å². The number of nitrogens with zero attached hydrogens (tertiary/aromatic N) is 2. The first kappa shape index (κ1) is 21.9. The molecule has 1 fully saturated rings. The lowest BCUT2D eigenvalue weighted by molar-refractivity contribution is -0.123. The first-order valence-electron chi connectivity index (χ1n) is 9.99. The van der Waals surface area contributed by atoms with E-state index in [0.717, 1.165) is 11.1 Å². The average molecular weight is 462 g/mol. The van der Waals surface area contributed by atoms with Crippen molar-refractivity contribution < 1.29 is 9.59 Å². The van der Waals surface area contributed by atoms with Gasteiger partial charge in [0, 0.05) is 16.8 Å². The number of amides is 2. The highest BCUT2D eigenvalue weighted by Crippen LogP contribution is 2.32. The van der Waals surface area contributed by atoms with Gasteiger partial charge in [-0.3, -0.25) is 19.5 Å². The summed E-state index contributed by atoms with van der Waals surface area (Å²) >= 11 is 7.10. The Labute approximate surface area is 195 Å². The van der Waals surface area contributed by atoms with Crippen molar-refractivity contribution in [1.29, 1.82) is 0 Å².